The molecule has 0 unspecified atom stereocenters. The van der Waals surface area contributed by atoms with Gasteiger partial charge in [0.25, 0.3) is 0 Å². The Balaban J connectivity index is 2.49. The molecule has 4 heteroatoms. The van der Waals surface area contributed by atoms with Crippen molar-refractivity contribution < 1.29 is 9.47 Å². The van der Waals surface area contributed by atoms with Crippen LogP contribution >= 0.6 is 23.4 Å². The van der Waals surface area contributed by atoms with E-state index in [0.717, 1.165) is 16.4 Å². The summed E-state index contributed by atoms with van der Waals surface area (Å²) >= 11 is 7.55. The van der Waals surface area contributed by atoms with Gasteiger partial charge in [0.1, 0.15) is 0 Å². The first kappa shape index (κ1) is 8.08. The molecule has 0 N–H and O–H groups in total. The molecule has 1 aromatic rings. The Labute approximate surface area is 79.8 Å². The van der Waals surface area contributed by atoms with Gasteiger partial charge in [0, 0.05) is 11.0 Å². The molecule has 2 rings (SSSR count). The smallest absolute Gasteiger partial charge is 0.231 e. The third-order valence-corrected chi connectivity index (χ3v) is 2.85. The van der Waals surface area contributed by atoms with Crippen LogP contribution in [0.3, 0.4) is 0 Å². The van der Waals surface area contributed by atoms with Crippen molar-refractivity contribution in [3.05, 3.63) is 17.2 Å². The third-order valence-electron chi connectivity index (χ3n) is 1.65. The molecule has 0 bridgehead atoms. The molecule has 0 aromatic heterocycles. The van der Waals surface area contributed by atoms with E-state index < -0.39 is 0 Å². The van der Waals surface area contributed by atoms with Gasteiger partial charge in [-0.25, -0.2) is 0 Å². The zero-order valence-electron chi connectivity index (χ0n) is 6.46. The second kappa shape index (κ2) is 3.07. The van der Waals surface area contributed by atoms with E-state index in [0.29, 0.717) is 11.8 Å². The van der Waals surface area contributed by atoms with Gasteiger partial charge in [-0.15, -0.1) is 11.8 Å². The molecule has 0 saturated heterocycles. The van der Waals surface area contributed by atoms with E-state index in [1.54, 1.807) is 17.8 Å². The van der Waals surface area contributed by atoms with Gasteiger partial charge >= 0.3 is 0 Å². The molecule has 1 aromatic carbocycles. The second-order valence-electron chi connectivity index (χ2n) is 2.34. The van der Waals surface area contributed by atoms with Crippen LogP contribution in [0, 0.1) is 0 Å². The van der Waals surface area contributed by atoms with Crippen LogP contribution in [0.2, 0.25) is 5.02 Å². The molecular formula is C8H7ClO2S. The predicted octanol–water partition coefficient (Wildman–Crippen LogP) is 2.79. The van der Waals surface area contributed by atoms with Crippen LogP contribution in [0.5, 0.6) is 11.5 Å². The molecule has 0 amide bonds. The Morgan fingerprint density at radius 1 is 1.33 bits per heavy atom. The fourth-order valence-electron chi connectivity index (χ4n) is 1.05. The highest BCUT2D eigenvalue weighted by atomic mass is 35.5. The first-order valence-corrected chi connectivity index (χ1v) is 5.04. The molecule has 0 atom stereocenters. The van der Waals surface area contributed by atoms with E-state index in [1.807, 2.05) is 12.3 Å². The average Bonchev–Trinajstić information content (AvgIpc) is 2.49. The molecule has 0 saturated carbocycles. The van der Waals surface area contributed by atoms with Crippen molar-refractivity contribution in [3.63, 3.8) is 0 Å². The lowest BCUT2D eigenvalue weighted by atomic mass is 10.3. The third kappa shape index (κ3) is 1.23. The zero-order chi connectivity index (χ0) is 8.55. The highest BCUT2D eigenvalue weighted by Crippen LogP contribution is 2.39. The molecule has 0 fully saturated rings. The molecular weight excluding hydrogens is 196 g/mol. The van der Waals surface area contributed by atoms with E-state index in [-0.39, 0.29) is 0 Å². The molecule has 1 aliphatic heterocycles. The summed E-state index contributed by atoms with van der Waals surface area (Å²) in [5.74, 6) is 1.52. The zero-order valence-corrected chi connectivity index (χ0v) is 8.04. The molecule has 1 aliphatic rings. The fraction of sp³-hybridized carbons (Fsp3) is 0.250. The number of benzene rings is 1. The van der Waals surface area contributed by atoms with Crippen LogP contribution in [0.15, 0.2) is 17.0 Å². The van der Waals surface area contributed by atoms with Gasteiger partial charge in [0.15, 0.2) is 11.5 Å². The van der Waals surface area contributed by atoms with Crippen molar-refractivity contribution in [2.45, 2.75) is 4.90 Å². The highest BCUT2D eigenvalue weighted by Gasteiger charge is 2.15. The van der Waals surface area contributed by atoms with E-state index >= 15 is 0 Å². The summed E-state index contributed by atoms with van der Waals surface area (Å²) in [4.78, 5) is 1.01. The molecule has 0 radical (unpaired) electrons. The van der Waals surface area contributed by atoms with Crippen molar-refractivity contribution in [2.75, 3.05) is 13.0 Å². The number of hydrogen-bond donors (Lipinski definition) is 0. The quantitative estimate of drug-likeness (QED) is 0.653. The van der Waals surface area contributed by atoms with E-state index in [4.69, 9.17) is 21.1 Å². The Bertz CT molecular complexity index is 313. The Morgan fingerprint density at radius 2 is 2.00 bits per heavy atom. The van der Waals surface area contributed by atoms with Gasteiger partial charge in [-0.3, -0.25) is 0 Å². The highest BCUT2D eigenvalue weighted by molar-refractivity contribution is 7.98. The lowest BCUT2D eigenvalue weighted by Gasteiger charge is -2.01. The monoisotopic (exact) mass is 202 g/mol. The van der Waals surface area contributed by atoms with Crippen molar-refractivity contribution in [1.29, 1.82) is 0 Å². The number of rotatable bonds is 1. The van der Waals surface area contributed by atoms with Gasteiger partial charge in [-0.2, -0.15) is 0 Å². The standard InChI is InChI=1S/C8H7ClO2S/c1-12-8-3-7-6(2-5(8)9)10-4-11-7/h2-3H,4H2,1H3. The van der Waals surface area contributed by atoms with Gasteiger partial charge in [0.05, 0.1) is 5.02 Å². The van der Waals surface area contributed by atoms with Crippen LogP contribution in [0.4, 0.5) is 0 Å². The Hall–Kier alpha value is -0.540. The van der Waals surface area contributed by atoms with Gasteiger partial charge in [-0.05, 0) is 12.3 Å². The largest absolute Gasteiger partial charge is 0.454 e. The van der Waals surface area contributed by atoms with Crippen molar-refractivity contribution in [1.82, 2.24) is 0 Å². The van der Waals surface area contributed by atoms with Crippen LogP contribution in [0.1, 0.15) is 0 Å². The molecule has 0 aliphatic carbocycles. The van der Waals surface area contributed by atoms with Crippen LogP contribution < -0.4 is 9.47 Å². The summed E-state index contributed by atoms with van der Waals surface area (Å²) in [7, 11) is 0. The number of fused-ring (bicyclic) bond motifs is 1. The molecule has 2 nitrogen and oxygen atoms in total. The number of thioether (sulfide) groups is 1. The van der Waals surface area contributed by atoms with E-state index in [9.17, 15) is 0 Å². The first-order valence-electron chi connectivity index (χ1n) is 3.44. The maximum absolute atomic E-state index is 5.95. The molecule has 64 valence electrons. The van der Waals surface area contributed by atoms with Crippen molar-refractivity contribution in [2.24, 2.45) is 0 Å². The Morgan fingerprint density at radius 3 is 2.67 bits per heavy atom. The molecule has 1 heterocycles. The predicted molar refractivity (Wildman–Crippen MR) is 49.4 cm³/mol. The SMILES string of the molecule is CSc1cc2c(cc1Cl)OCO2. The minimum absolute atomic E-state index is 0.295. The lowest BCUT2D eigenvalue weighted by molar-refractivity contribution is 0.174. The summed E-state index contributed by atoms with van der Waals surface area (Å²) in [6.45, 7) is 0.295. The van der Waals surface area contributed by atoms with Crippen LogP contribution in [-0.4, -0.2) is 13.0 Å². The average molecular weight is 203 g/mol. The molecule has 12 heavy (non-hydrogen) atoms. The summed E-state index contributed by atoms with van der Waals surface area (Å²) in [5, 5.41) is 0.715. The number of hydrogen-bond acceptors (Lipinski definition) is 3. The van der Waals surface area contributed by atoms with Gasteiger partial charge in [0.2, 0.25) is 6.79 Å². The van der Waals surface area contributed by atoms with E-state index in [1.165, 1.54) is 0 Å². The maximum Gasteiger partial charge on any atom is 0.231 e. The minimum Gasteiger partial charge on any atom is -0.454 e. The molecule has 0 spiro atoms. The van der Waals surface area contributed by atoms with Crippen molar-refractivity contribution in [3.8, 4) is 11.5 Å². The van der Waals surface area contributed by atoms with E-state index in [2.05, 4.69) is 0 Å². The lowest BCUT2D eigenvalue weighted by Crippen LogP contribution is -1.92. The maximum atomic E-state index is 5.95. The summed E-state index contributed by atoms with van der Waals surface area (Å²) in [5.41, 5.74) is 0. The summed E-state index contributed by atoms with van der Waals surface area (Å²) < 4.78 is 10.4. The number of halogens is 1. The van der Waals surface area contributed by atoms with Crippen LogP contribution in [-0.2, 0) is 0 Å². The summed E-state index contributed by atoms with van der Waals surface area (Å²) in [6.07, 6.45) is 1.98. The van der Waals surface area contributed by atoms with Gasteiger partial charge in [-0.1, -0.05) is 11.6 Å². The van der Waals surface area contributed by atoms with Crippen LogP contribution in [0.25, 0.3) is 0 Å². The normalized spacial score (nSPS) is 13.5. The van der Waals surface area contributed by atoms with Gasteiger partial charge < -0.3 is 9.47 Å². The Kier molecular flexibility index (Phi) is 2.07. The fourth-order valence-corrected chi connectivity index (χ4v) is 1.92. The second-order valence-corrected chi connectivity index (χ2v) is 3.60. The summed E-state index contributed by atoms with van der Waals surface area (Å²) in [6, 6.07) is 3.69. The topological polar surface area (TPSA) is 18.5 Å². The first-order chi connectivity index (χ1) is 5.81. The van der Waals surface area contributed by atoms with Crippen molar-refractivity contribution >= 4 is 23.4 Å². The minimum atomic E-state index is 0.295. The number of ether oxygens (including phenoxy) is 2.